The Morgan fingerprint density at radius 2 is 0.724 bits per heavy atom. The number of halogens is 7. The Kier molecular flexibility index (Phi) is 45.9. The van der Waals surface area contributed by atoms with Crippen molar-refractivity contribution in [2.75, 3.05) is 111 Å². The van der Waals surface area contributed by atoms with Crippen molar-refractivity contribution in [3.63, 3.8) is 0 Å². The first-order valence-electron chi connectivity index (χ1n) is 22.0. The number of anilines is 6. The molecule has 0 bridgehead atoms. The Morgan fingerprint density at radius 3 is 0.961 bits per heavy atom. The van der Waals surface area contributed by atoms with Gasteiger partial charge in [0.1, 0.15) is 13.2 Å². The topological polar surface area (TPSA) is 367 Å². The van der Waals surface area contributed by atoms with Gasteiger partial charge in [-0.05, 0) is 78.7 Å². The normalized spacial score (nSPS) is 9.63. The van der Waals surface area contributed by atoms with E-state index in [9.17, 15) is 47.9 Å². The van der Waals surface area contributed by atoms with Gasteiger partial charge in [0.15, 0.2) is 0 Å². The number of nitrogens with one attached hydrogen (secondary N) is 8. The summed E-state index contributed by atoms with van der Waals surface area (Å²) < 4.78 is 16.5. The number of aryl methyl sites for hydroxylation is 1. The number of hydrogen-bond donors (Lipinski definition) is 11. The molecule has 31 heteroatoms. The highest BCUT2D eigenvalue weighted by Gasteiger charge is 2.13. The number of alkyl halides is 6. The summed E-state index contributed by atoms with van der Waals surface area (Å²) in [6.45, 7) is 8.06. The Labute approximate surface area is 526 Å². The van der Waals surface area contributed by atoms with E-state index >= 15 is 0 Å². The SMILES string of the molecule is CC.Cc1cc(NC(=O)CI)cc(NC(=O)CI)c1.NCCNC(=O)OCCOCCOC(=O)NCCN.O=C(CI)Nc1cc(NC(=O)CI)cc(C(=O)Cl)c1.O=C(CI)Nc1cc(NC(=O)CI)cc(C(=O)O)c1. The van der Waals surface area contributed by atoms with E-state index < -0.39 is 23.4 Å². The summed E-state index contributed by atoms with van der Waals surface area (Å²) in [7, 11) is 0. The van der Waals surface area contributed by atoms with Crippen molar-refractivity contribution in [2.45, 2.75) is 20.8 Å². The number of carbonyl (C=O) groups excluding carboxylic acids is 9. The highest BCUT2D eigenvalue weighted by Crippen LogP contribution is 2.22. The summed E-state index contributed by atoms with van der Waals surface area (Å²) in [5.74, 6) is -2.12. The van der Waals surface area contributed by atoms with Crippen LogP contribution in [0.5, 0.6) is 0 Å². The molecule has 0 spiro atoms. The van der Waals surface area contributed by atoms with Gasteiger partial charge in [0.25, 0.3) is 5.24 Å². The minimum Gasteiger partial charge on any atom is -0.478 e. The van der Waals surface area contributed by atoms with Crippen LogP contribution in [-0.4, -0.2) is 143 Å². The minimum atomic E-state index is -1.13. The molecule has 0 aliphatic heterocycles. The van der Waals surface area contributed by atoms with Crippen LogP contribution >= 0.6 is 147 Å². The van der Waals surface area contributed by atoms with E-state index in [0.29, 0.717) is 69.2 Å². The first-order chi connectivity index (χ1) is 36.2. The molecule has 0 aromatic heterocycles. The molecule has 3 aromatic rings. The summed E-state index contributed by atoms with van der Waals surface area (Å²) >= 11 is 17.1. The van der Waals surface area contributed by atoms with Crippen LogP contribution in [0.1, 0.15) is 40.1 Å². The maximum absolute atomic E-state index is 11.3. The van der Waals surface area contributed by atoms with E-state index in [1.54, 1.807) is 12.1 Å². The van der Waals surface area contributed by atoms with Gasteiger partial charge in [-0.25, -0.2) is 14.4 Å². The van der Waals surface area contributed by atoms with Crippen LogP contribution in [0, 0.1) is 6.92 Å². The van der Waals surface area contributed by atoms with E-state index in [2.05, 4.69) is 42.5 Å². The second kappa shape index (κ2) is 46.6. The molecule has 0 saturated heterocycles. The number of rotatable bonds is 24. The van der Waals surface area contributed by atoms with E-state index in [0.717, 1.165) is 5.56 Å². The van der Waals surface area contributed by atoms with Crippen LogP contribution < -0.4 is 54.0 Å². The van der Waals surface area contributed by atoms with Crippen molar-refractivity contribution in [1.29, 1.82) is 0 Å². The second-order valence-corrected chi connectivity index (χ2v) is 18.6. The molecular formula is C45H59ClI6N10O14. The van der Waals surface area contributed by atoms with E-state index in [1.807, 2.05) is 168 Å². The Morgan fingerprint density at radius 1 is 0.461 bits per heavy atom. The summed E-state index contributed by atoms with van der Waals surface area (Å²) in [4.78, 5) is 112. The third-order valence-electron chi connectivity index (χ3n) is 7.60. The second-order valence-electron chi connectivity index (χ2n) is 13.7. The fourth-order valence-electron chi connectivity index (χ4n) is 4.81. The fraction of sp³-hybridized carbons (Fsp3) is 0.378. The number of amides is 8. The predicted molar refractivity (Wildman–Crippen MR) is 345 cm³/mol. The number of carboxylic acids is 1. The van der Waals surface area contributed by atoms with Crippen molar-refractivity contribution in [3.8, 4) is 0 Å². The average molecular weight is 1760 g/mol. The van der Waals surface area contributed by atoms with Gasteiger partial charge in [0.05, 0.1) is 45.3 Å². The van der Waals surface area contributed by atoms with Crippen LogP contribution in [-0.2, 0) is 43.0 Å². The standard InChI is InChI=1S/C11H9ClI2N2O3.C11H10I2N2O4.C11H12I2N2O2.C10H22N4O5.C2H6/c12-11(19)6-1-7(15-9(17)4-13)3-8(2-6)16-10(18)5-14;12-4-9(16)14-7-1-6(11(18)19)2-8(3-7)15-10(17)5-13;1-7-2-8(14-10(16)5-12)4-9(3-7)15-11(17)6-13;11-1-3-13-9(15)18-7-5-17-6-8-19-10(16)14-4-2-12;1-2/h1-3H,4-5H2,(H,15,17)(H,16,18);1-3H,4-5H2,(H,14,16)(H,15,17)(H,18,19);2-4H,5-6H2,1H3,(H,14,16)(H,15,17);1-8,11-12H2,(H,13,15)(H,14,16);1-2H3. The van der Waals surface area contributed by atoms with Gasteiger partial charge in [0.2, 0.25) is 35.4 Å². The highest BCUT2D eigenvalue weighted by atomic mass is 127. The van der Waals surface area contributed by atoms with Crippen LogP contribution in [0.2, 0.25) is 0 Å². The predicted octanol–water partition coefficient (Wildman–Crippen LogP) is 7.09. The number of nitrogens with two attached hydrogens (primary N) is 2. The molecule has 0 radical (unpaired) electrons. The Bertz CT molecular complexity index is 2140. The number of benzene rings is 3. The molecule has 3 aromatic carbocycles. The molecule has 0 heterocycles. The molecule has 422 valence electrons. The lowest BCUT2D eigenvalue weighted by molar-refractivity contribution is -0.114. The summed E-state index contributed by atoms with van der Waals surface area (Å²) in [5.41, 5.74) is 14.5. The molecule has 8 amide bonds. The maximum Gasteiger partial charge on any atom is 0.407 e. The van der Waals surface area contributed by atoms with Crippen LogP contribution in [0.25, 0.3) is 0 Å². The minimum absolute atomic E-state index is 0.00461. The van der Waals surface area contributed by atoms with Gasteiger partial charge in [-0.2, -0.15) is 0 Å². The van der Waals surface area contributed by atoms with Gasteiger partial charge < -0.3 is 73.3 Å². The maximum atomic E-state index is 11.3. The molecule has 0 atom stereocenters. The van der Waals surface area contributed by atoms with Gasteiger partial charge in [-0.1, -0.05) is 149 Å². The number of hydrogen-bond acceptors (Lipinski definition) is 15. The molecule has 3 rings (SSSR count). The third-order valence-corrected chi connectivity index (χ3v) is 12.0. The number of carbonyl (C=O) groups is 10. The van der Waals surface area contributed by atoms with Gasteiger partial charge in [-0.3, -0.25) is 33.6 Å². The summed E-state index contributed by atoms with van der Waals surface area (Å²) in [5, 5.41) is 29.1. The molecule has 13 N–H and O–H groups in total. The zero-order chi connectivity index (χ0) is 58.0. The van der Waals surface area contributed by atoms with Crippen molar-refractivity contribution in [2.24, 2.45) is 11.5 Å². The quantitative estimate of drug-likeness (QED) is 0.0185. The molecule has 0 saturated carbocycles. The van der Waals surface area contributed by atoms with Crippen LogP contribution in [0.15, 0.2) is 54.6 Å². The molecule has 24 nitrogen and oxygen atoms in total. The number of alkyl carbamates (subject to hydrolysis) is 2. The van der Waals surface area contributed by atoms with Gasteiger partial charge in [-0.15, -0.1) is 0 Å². The summed E-state index contributed by atoms with van der Waals surface area (Å²) in [6.07, 6.45) is -1.07. The lowest BCUT2D eigenvalue weighted by Crippen LogP contribution is -2.31. The van der Waals surface area contributed by atoms with E-state index in [1.165, 1.54) is 30.3 Å². The molecule has 0 aliphatic carbocycles. The first kappa shape index (κ1) is 74.8. The molecular weight excluding hydrogens is 1700 g/mol. The van der Waals surface area contributed by atoms with E-state index in [-0.39, 0.29) is 90.7 Å². The Hall–Kier alpha value is -3.29. The largest absolute Gasteiger partial charge is 0.478 e. The molecule has 0 fully saturated rings. The van der Waals surface area contributed by atoms with Crippen molar-refractivity contribution in [1.82, 2.24) is 10.6 Å². The van der Waals surface area contributed by atoms with Crippen molar-refractivity contribution in [3.05, 3.63) is 71.3 Å². The van der Waals surface area contributed by atoms with E-state index in [4.69, 9.17) is 42.4 Å². The molecule has 76 heavy (non-hydrogen) atoms. The third kappa shape index (κ3) is 38.3. The van der Waals surface area contributed by atoms with Crippen LogP contribution in [0.3, 0.4) is 0 Å². The first-order valence-corrected chi connectivity index (χ1v) is 31.5. The smallest absolute Gasteiger partial charge is 0.407 e. The monoisotopic (exact) mass is 1760 g/mol. The molecule has 0 aliphatic rings. The van der Waals surface area contributed by atoms with Crippen LogP contribution in [0.4, 0.5) is 43.7 Å². The number of carboxylic acid groups (broad SMARTS) is 1. The number of aromatic carboxylic acids is 1. The molecule has 0 unspecified atom stereocenters. The lowest BCUT2D eigenvalue weighted by Gasteiger charge is -2.09. The van der Waals surface area contributed by atoms with Gasteiger partial charge in [0, 0.05) is 65.9 Å². The zero-order valence-corrected chi connectivity index (χ0v) is 54.9. The lowest BCUT2D eigenvalue weighted by atomic mass is 10.1. The zero-order valence-electron chi connectivity index (χ0n) is 41.2. The fourth-order valence-corrected chi connectivity index (χ4v) is 6.07. The highest BCUT2D eigenvalue weighted by molar-refractivity contribution is 14.1. The van der Waals surface area contributed by atoms with Crippen molar-refractivity contribution < 1.29 is 67.3 Å². The summed E-state index contributed by atoms with van der Waals surface area (Å²) in [6, 6.07) is 14.2. The number of ether oxygens (including phenoxy) is 3. The Balaban J connectivity index is 0. The van der Waals surface area contributed by atoms with Crippen molar-refractivity contribution >= 4 is 240 Å². The van der Waals surface area contributed by atoms with Gasteiger partial charge >= 0.3 is 18.2 Å². The average Bonchev–Trinajstić information content (AvgIpc) is 3.39.